The lowest BCUT2D eigenvalue weighted by atomic mass is 10.0. The Morgan fingerprint density at radius 1 is 1.58 bits per heavy atom. The van der Waals surface area contributed by atoms with E-state index in [0.29, 0.717) is 43.0 Å². The molecule has 5 N–H and O–H groups in total. The van der Waals surface area contributed by atoms with Gasteiger partial charge in [-0.05, 0) is 12.8 Å². The van der Waals surface area contributed by atoms with E-state index in [9.17, 15) is 9.18 Å². The number of nitrogens with two attached hydrogens (primary N) is 1. The zero-order valence-corrected chi connectivity index (χ0v) is 13.8. The van der Waals surface area contributed by atoms with Crippen LogP contribution in [0.3, 0.4) is 0 Å². The molecule has 0 saturated carbocycles. The van der Waals surface area contributed by atoms with Gasteiger partial charge in [0.2, 0.25) is 6.41 Å². The van der Waals surface area contributed by atoms with E-state index < -0.39 is 5.82 Å². The highest BCUT2D eigenvalue weighted by Gasteiger charge is 2.25. The lowest BCUT2D eigenvalue weighted by molar-refractivity contribution is -0.105. The minimum absolute atomic E-state index is 0.0105. The molecule has 0 radical (unpaired) electrons. The van der Waals surface area contributed by atoms with Crippen LogP contribution in [0.25, 0.3) is 0 Å². The lowest BCUT2D eigenvalue weighted by Crippen LogP contribution is -2.43. The number of halogens is 1. The summed E-state index contributed by atoms with van der Waals surface area (Å²) in [7, 11) is 1.56. The number of nitrogens with one attached hydrogen (secondary N) is 3. The third-order valence-electron chi connectivity index (χ3n) is 4.03. The number of methoxy groups -OCH3 is 1. The molecule has 24 heavy (non-hydrogen) atoms. The molecule has 0 aromatic heterocycles. The molecule has 1 aromatic carbocycles. The molecule has 0 bridgehead atoms. The summed E-state index contributed by atoms with van der Waals surface area (Å²) in [5.41, 5.74) is 7.63. The van der Waals surface area contributed by atoms with Crippen LogP contribution in [-0.2, 0) is 9.53 Å². The summed E-state index contributed by atoms with van der Waals surface area (Å²) in [5, 5.41) is 13.3. The minimum Gasteiger partial charge on any atom is -0.383 e. The maximum absolute atomic E-state index is 14.5. The van der Waals surface area contributed by atoms with E-state index in [2.05, 4.69) is 10.6 Å². The first kappa shape index (κ1) is 18.2. The Hall–Kier alpha value is -2.19. The predicted molar refractivity (Wildman–Crippen MR) is 93.8 cm³/mol. The number of amides is 1. The first-order valence-corrected chi connectivity index (χ1v) is 7.92. The van der Waals surface area contributed by atoms with Crippen molar-refractivity contribution in [1.29, 1.82) is 5.41 Å². The Balaban J connectivity index is 2.48. The van der Waals surface area contributed by atoms with Gasteiger partial charge in [0.25, 0.3) is 0 Å². The fourth-order valence-corrected chi connectivity index (χ4v) is 2.98. The zero-order valence-electron chi connectivity index (χ0n) is 13.8. The van der Waals surface area contributed by atoms with Gasteiger partial charge in [0.15, 0.2) is 0 Å². The second kappa shape index (κ2) is 8.60. The van der Waals surface area contributed by atoms with Crippen LogP contribution < -0.4 is 21.3 Å². The van der Waals surface area contributed by atoms with Gasteiger partial charge in [-0.1, -0.05) is 0 Å². The van der Waals surface area contributed by atoms with Crippen molar-refractivity contribution < 1.29 is 13.9 Å². The van der Waals surface area contributed by atoms with Gasteiger partial charge in [-0.15, -0.1) is 0 Å². The van der Waals surface area contributed by atoms with E-state index in [1.54, 1.807) is 7.11 Å². The van der Waals surface area contributed by atoms with Crippen LogP contribution in [-0.4, -0.2) is 52.0 Å². The standard InChI is InChI=1S/C16H24FN5O2/c1-24-6-4-20-15-12(8-18)16(14(21-10-23)7-13(15)17)22-5-2-3-11(19)9-22/h7-8,10-11,18,20H,2-6,9,19H2,1H3,(H,21,23). The van der Waals surface area contributed by atoms with E-state index in [4.69, 9.17) is 15.9 Å². The van der Waals surface area contributed by atoms with Crippen molar-refractivity contribution in [3.05, 3.63) is 17.4 Å². The number of rotatable bonds is 8. The number of ether oxygens (including phenoxy) is 1. The van der Waals surface area contributed by atoms with E-state index in [-0.39, 0.29) is 11.7 Å². The van der Waals surface area contributed by atoms with Crippen LogP contribution >= 0.6 is 0 Å². The lowest BCUT2D eigenvalue weighted by Gasteiger charge is -2.35. The Morgan fingerprint density at radius 3 is 3.00 bits per heavy atom. The molecule has 1 aliphatic rings. The highest BCUT2D eigenvalue weighted by atomic mass is 19.1. The smallest absolute Gasteiger partial charge is 0.211 e. The first-order valence-electron chi connectivity index (χ1n) is 7.92. The molecule has 0 aliphatic carbocycles. The highest BCUT2D eigenvalue weighted by Crippen LogP contribution is 2.37. The van der Waals surface area contributed by atoms with Crippen LogP contribution in [0, 0.1) is 11.2 Å². The second-order valence-corrected chi connectivity index (χ2v) is 5.72. The number of hydrogen-bond acceptors (Lipinski definition) is 6. The fraction of sp³-hybridized carbons (Fsp3) is 0.500. The maximum Gasteiger partial charge on any atom is 0.211 e. The van der Waals surface area contributed by atoms with Gasteiger partial charge in [0, 0.05) is 50.6 Å². The maximum atomic E-state index is 14.5. The molecule has 7 nitrogen and oxygen atoms in total. The summed E-state index contributed by atoms with van der Waals surface area (Å²) in [5.74, 6) is -0.529. The molecule has 2 rings (SSSR count). The molecule has 1 atom stereocenters. The van der Waals surface area contributed by atoms with Gasteiger partial charge < -0.3 is 31.4 Å². The third-order valence-corrected chi connectivity index (χ3v) is 4.03. The van der Waals surface area contributed by atoms with Crippen molar-refractivity contribution in [2.24, 2.45) is 5.73 Å². The molecule has 1 unspecified atom stereocenters. The Morgan fingerprint density at radius 2 is 2.38 bits per heavy atom. The quantitative estimate of drug-likeness (QED) is 0.326. The molecular weight excluding hydrogens is 313 g/mol. The molecule has 1 heterocycles. The molecule has 8 heteroatoms. The van der Waals surface area contributed by atoms with Crippen LogP contribution in [0.5, 0.6) is 0 Å². The molecule has 132 valence electrons. The zero-order chi connectivity index (χ0) is 17.5. The average Bonchev–Trinajstić information content (AvgIpc) is 2.56. The van der Waals surface area contributed by atoms with Gasteiger partial charge in [-0.3, -0.25) is 4.79 Å². The molecule has 1 saturated heterocycles. The highest BCUT2D eigenvalue weighted by molar-refractivity contribution is 6.00. The SMILES string of the molecule is COCCNc1c(F)cc(NC=O)c(N2CCCC(N)C2)c1C=N. The number of piperidine rings is 1. The fourth-order valence-electron chi connectivity index (χ4n) is 2.98. The number of hydrogen-bond donors (Lipinski definition) is 4. The minimum atomic E-state index is -0.529. The van der Waals surface area contributed by atoms with E-state index in [1.165, 1.54) is 6.07 Å². The monoisotopic (exact) mass is 337 g/mol. The van der Waals surface area contributed by atoms with Crippen LogP contribution in [0.1, 0.15) is 18.4 Å². The average molecular weight is 337 g/mol. The number of nitrogens with zero attached hydrogens (tertiary/aromatic N) is 1. The number of anilines is 3. The van der Waals surface area contributed by atoms with Crippen LogP contribution in [0.4, 0.5) is 21.5 Å². The molecule has 1 amide bonds. The molecular formula is C16H24FN5O2. The second-order valence-electron chi connectivity index (χ2n) is 5.72. The van der Waals surface area contributed by atoms with Crippen molar-refractivity contribution in [3.63, 3.8) is 0 Å². The summed E-state index contributed by atoms with van der Waals surface area (Å²) >= 11 is 0. The summed E-state index contributed by atoms with van der Waals surface area (Å²) in [6.45, 7) is 2.16. The normalized spacial score (nSPS) is 17.5. The van der Waals surface area contributed by atoms with Crippen molar-refractivity contribution in [2.45, 2.75) is 18.9 Å². The largest absolute Gasteiger partial charge is 0.383 e. The summed E-state index contributed by atoms with van der Waals surface area (Å²) in [6.07, 6.45) is 3.44. The molecule has 1 aromatic rings. The van der Waals surface area contributed by atoms with Crippen molar-refractivity contribution in [1.82, 2.24) is 0 Å². The number of carbonyl (C=O) groups is 1. The number of benzene rings is 1. The Bertz CT molecular complexity index is 596. The number of carbonyl (C=O) groups excluding carboxylic acids is 1. The third kappa shape index (κ3) is 4.01. The van der Waals surface area contributed by atoms with Gasteiger partial charge in [-0.25, -0.2) is 4.39 Å². The van der Waals surface area contributed by atoms with E-state index >= 15 is 0 Å². The van der Waals surface area contributed by atoms with Crippen molar-refractivity contribution in [3.8, 4) is 0 Å². The molecule has 1 fully saturated rings. The van der Waals surface area contributed by atoms with Crippen molar-refractivity contribution in [2.75, 3.05) is 48.9 Å². The van der Waals surface area contributed by atoms with E-state index in [0.717, 1.165) is 25.6 Å². The van der Waals surface area contributed by atoms with Crippen LogP contribution in [0.15, 0.2) is 6.07 Å². The topological polar surface area (TPSA) is 103 Å². The predicted octanol–water partition coefficient (Wildman–Crippen LogP) is 1.38. The van der Waals surface area contributed by atoms with Gasteiger partial charge >= 0.3 is 0 Å². The molecule has 1 aliphatic heterocycles. The summed E-state index contributed by atoms with van der Waals surface area (Å²) in [4.78, 5) is 12.9. The summed E-state index contributed by atoms with van der Waals surface area (Å²) in [6, 6.07) is 1.28. The van der Waals surface area contributed by atoms with Gasteiger partial charge in [0.05, 0.1) is 23.7 Å². The van der Waals surface area contributed by atoms with E-state index in [1.807, 2.05) is 4.90 Å². The van der Waals surface area contributed by atoms with Crippen molar-refractivity contribution >= 4 is 29.7 Å². The first-order chi connectivity index (χ1) is 11.6. The van der Waals surface area contributed by atoms with Gasteiger partial charge in [0.1, 0.15) is 5.82 Å². The summed E-state index contributed by atoms with van der Waals surface area (Å²) < 4.78 is 19.4. The Labute approximate surface area is 140 Å². The Kier molecular flexibility index (Phi) is 6.51. The molecule has 0 spiro atoms. The van der Waals surface area contributed by atoms with Crippen LogP contribution in [0.2, 0.25) is 0 Å². The van der Waals surface area contributed by atoms with Gasteiger partial charge in [-0.2, -0.15) is 0 Å².